The molecule has 2 rings (SSSR count). The fraction of sp³-hybridized carbons (Fsp3) is 0.634. The third-order valence-electron chi connectivity index (χ3n) is 10.3. The minimum Gasteiger partial charge on any atom is -0.480 e. The lowest BCUT2D eigenvalue weighted by molar-refractivity contribution is -0.143. The first-order valence-electron chi connectivity index (χ1n) is 20.6. The lowest BCUT2D eigenvalue weighted by Gasteiger charge is -2.31. The number of carbonyl (C=O) groups is 7. The van der Waals surface area contributed by atoms with Crippen molar-refractivity contribution in [2.75, 3.05) is 13.2 Å². The molecule has 14 N–H and O–H groups in total. The van der Waals surface area contributed by atoms with Gasteiger partial charge in [0.2, 0.25) is 35.4 Å². The van der Waals surface area contributed by atoms with Crippen LogP contribution in [0.4, 0.5) is 0 Å². The lowest BCUT2D eigenvalue weighted by Crippen LogP contribution is -2.62. The van der Waals surface area contributed by atoms with Crippen molar-refractivity contribution in [3.8, 4) is 0 Å². The molecule has 0 unspecified atom stereocenters. The topological polar surface area (TPSA) is 320 Å². The fourth-order valence-corrected chi connectivity index (χ4v) is 6.41. The van der Waals surface area contributed by atoms with Crippen LogP contribution in [0.3, 0.4) is 0 Å². The van der Waals surface area contributed by atoms with Crippen LogP contribution in [0.1, 0.15) is 86.1 Å². The molecule has 1 aromatic carbocycles. The molecule has 0 aliphatic rings. The third-order valence-corrected chi connectivity index (χ3v) is 10.3. The number of aliphatic hydroxyl groups is 2. The molecule has 1 aromatic heterocycles. The minimum atomic E-state index is -1.64. The average molecular weight is 846 g/mol. The summed E-state index contributed by atoms with van der Waals surface area (Å²) in [6.45, 7) is 11.4. The van der Waals surface area contributed by atoms with E-state index in [9.17, 15) is 48.9 Å². The Balaban J connectivity index is 2.38. The maximum atomic E-state index is 14.1. The first-order valence-corrected chi connectivity index (χ1v) is 20.6. The molecule has 0 aliphatic heterocycles. The number of carboxylic acid groups (broad SMARTS) is 1. The van der Waals surface area contributed by atoms with Gasteiger partial charge in [0.15, 0.2) is 0 Å². The van der Waals surface area contributed by atoms with E-state index in [2.05, 4.69) is 36.9 Å². The van der Waals surface area contributed by atoms with Crippen molar-refractivity contribution in [2.24, 2.45) is 29.2 Å². The second-order valence-electron chi connectivity index (χ2n) is 16.1. The van der Waals surface area contributed by atoms with E-state index in [1.807, 2.05) is 39.0 Å². The number of fused-ring (bicyclic) bond motifs is 1. The number of carboxylic acids is 1. The number of nitrogens with two attached hydrogens (primary N) is 2. The Morgan fingerprint density at radius 1 is 0.717 bits per heavy atom. The summed E-state index contributed by atoms with van der Waals surface area (Å²) in [4.78, 5) is 96.7. The van der Waals surface area contributed by atoms with Crippen LogP contribution in [0, 0.1) is 17.8 Å². The van der Waals surface area contributed by atoms with Crippen molar-refractivity contribution >= 4 is 52.3 Å². The van der Waals surface area contributed by atoms with Crippen molar-refractivity contribution in [1.82, 2.24) is 36.9 Å². The van der Waals surface area contributed by atoms with Crippen molar-refractivity contribution in [3.05, 3.63) is 36.0 Å². The highest BCUT2D eigenvalue weighted by molar-refractivity contribution is 5.97. The van der Waals surface area contributed by atoms with Crippen LogP contribution in [0.2, 0.25) is 0 Å². The van der Waals surface area contributed by atoms with E-state index in [4.69, 9.17) is 11.5 Å². The van der Waals surface area contributed by atoms with Crippen LogP contribution in [-0.2, 0) is 40.0 Å². The predicted octanol–water partition coefficient (Wildman–Crippen LogP) is -0.719. The Kier molecular flexibility index (Phi) is 21.1. The zero-order valence-corrected chi connectivity index (χ0v) is 35.7. The molecular weight excluding hydrogens is 779 g/mol. The number of aliphatic hydroxyl groups excluding tert-OH is 2. The van der Waals surface area contributed by atoms with Gasteiger partial charge >= 0.3 is 5.97 Å². The summed E-state index contributed by atoms with van der Waals surface area (Å²) in [5.41, 5.74) is 12.9. The highest BCUT2D eigenvalue weighted by Gasteiger charge is 2.36. The van der Waals surface area contributed by atoms with Gasteiger partial charge in [-0.15, -0.1) is 0 Å². The third kappa shape index (κ3) is 15.5. The largest absolute Gasteiger partial charge is 0.480 e. The molecule has 60 heavy (non-hydrogen) atoms. The predicted molar refractivity (Wildman–Crippen MR) is 225 cm³/mol. The molecule has 0 saturated heterocycles. The van der Waals surface area contributed by atoms with Crippen LogP contribution in [-0.4, -0.2) is 123 Å². The molecule has 0 bridgehead atoms. The number of hydrogen-bond acceptors (Lipinski definition) is 11. The van der Waals surface area contributed by atoms with Crippen LogP contribution in [0.25, 0.3) is 10.9 Å². The minimum absolute atomic E-state index is 0.0571. The molecular formula is C41H67N9O10. The number of unbranched alkanes of at least 4 members (excludes halogenated alkanes) is 1. The Hall–Kier alpha value is -5.11. The van der Waals surface area contributed by atoms with Crippen LogP contribution in [0.15, 0.2) is 30.5 Å². The van der Waals surface area contributed by atoms with Gasteiger partial charge < -0.3 is 63.7 Å². The number of aliphatic carboxylic acids is 1. The molecule has 0 spiro atoms. The van der Waals surface area contributed by atoms with Gasteiger partial charge in [0, 0.05) is 23.5 Å². The van der Waals surface area contributed by atoms with Gasteiger partial charge in [-0.05, 0) is 68.5 Å². The molecule has 19 heteroatoms. The first kappa shape index (κ1) is 51.0. The van der Waals surface area contributed by atoms with Crippen LogP contribution < -0.4 is 43.4 Å². The van der Waals surface area contributed by atoms with E-state index in [-0.39, 0.29) is 25.2 Å². The standard InChI is InChI=1S/C41H67N9O10/c1-8-23(6)34(50-35(53)28(15-11-12-16-42)45-36(54)29(17-21(2)3)46-38(56)32(43)24(7)52)40(58)49-33(22(4)5)39(57)47-30(37(55)48-31(20-51)41(59)60)18-25-19-44-27-14-10-9-13-26(25)27/h9-10,13-14,19,21-24,28-34,44,51-52H,8,11-12,15-18,20,42-43H2,1-7H3,(H,45,54)(H,46,56)(H,47,57)(H,48,55)(H,49,58)(H,50,53)(H,59,60)/t23-,24+,28-,29-,30-,31-,32-,33-,34-/m1/s1. The number of carbonyl (C=O) groups excluding carboxylic acids is 6. The molecule has 9 atom stereocenters. The number of amides is 6. The van der Waals surface area contributed by atoms with E-state index in [0.29, 0.717) is 31.4 Å². The van der Waals surface area contributed by atoms with Crippen molar-refractivity contribution in [1.29, 1.82) is 0 Å². The molecule has 0 fully saturated rings. The average Bonchev–Trinajstić information content (AvgIpc) is 3.60. The zero-order chi connectivity index (χ0) is 45.3. The van der Waals surface area contributed by atoms with Gasteiger partial charge in [-0.2, -0.15) is 0 Å². The number of para-hydroxylation sites is 1. The Morgan fingerprint density at radius 3 is 1.83 bits per heavy atom. The summed E-state index contributed by atoms with van der Waals surface area (Å²) in [5.74, 6) is -6.98. The Labute approximate surface area is 351 Å². The van der Waals surface area contributed by atoms with Gasteiger partial charge in [-0.25, -0.2) is 4.79 Å². The SMILES string of the molecule is CC[C@@H](C)[C@@H](NC(=O)[C@@H](CCCCN)NC(=O)[C@@H](CC(C)C)NC(=O)[C@H](N)[C@H](C)O)C(=O)N[C@@H](C(=O)N[C@H](Cc1c[nH]c2ccccc12)C(=O)N[C@H](CO)C(=O)O)C(C)C. The molecule has 19 nitrogen and oxygen atoms in total. The molecule has 1 heterocycles. The Bertz CT molecular complexity index is 1750. The number of H-pyrrole nitrogens is 1. The lowest BCUT2D eigenvalue weighted by atomic mass is 9.95. The maximum Gasteiger partial charge on any atom is 0.328 e. The summed E-state index contributed by atoms with van der Waals surface area (Å²) in [6, 6.07) is -1.67. The molecule has 6 amide bonds. The highest BCUT2D eigenvalue weighted by atomic mass is 16.4. The number of rotatable bonds is 26. The van der Waals surface area contributed by atoms with Gasteiger partial charge in [0.05, 0.1) is 12.7 Å². The van der Waals surface area contributed by atoms with E-state index < -0.39 is 108 Å². The summed E-state index contributed by atoms with van der Waals surface area (Å²) >= 11 is 0. The highest BCUT2D eigenvalue weighted by Crippen LogP contribution is 2.20. The van der Waals surface area contributed by atoms with E-state index >= 15 is 0 Å². The summed E-state index contributed by atoms with van der Waals surface area (Å²) < 4.78 is 0. The van der Waals surface area contributed by atoms with Crippen molar-refractivity contribution < 1.29 is 48.9 Å². The smallest absolute Gasteiger partial charge is 0.328 e. The molecule has 0 saturated carbocycles. The summed E-state index contributed by atoms with van der Waals surface area (Å²) in [7, 11) is 0. The monoisotopic (exact) mass is 846 g/mol. The molecule has 0 radical (unpaired) electrons. The normalized spacial score (nSPS) is 16.0. The van der Waals surface area contributed by atoms with E-state index in [0.717, 1.165) is 10.9 Å². The fourth-order valence-electron chi connectivity index (χ4n) is 6.41. The quantitative estimate of drug-likeness (QED) is 0.0523. The molecule has 336 valence electrons. The van der Waals surface area contributed by atoms with Crippen LogP contribution in [0.5, 0.6) is 0 Å². The second-order valence-corrected chi connectivity index (χ2v) is 16.1. The zero-order valence-electron chi connectivity index (χ0n) is 35.7. The summed E-state index contributed by atoms with van der Waals surface area (Å²) in [5, 5.41) is 45.4. The second kappa shape index (κ2) is 24.8. The maximum absolute atomic E-state index is 14.1. The summed E-state index contributed by atoms with van der Waals surface area (Å²) in [6.07, 6.45) is 2.16. The number of nitrogens with one attached hydrogen (secondary N) is 7. The number of hydrogen-bond donors (Lipinski definition) is 12. The van der Waals surface area contributed by atoms with Gasteiger partial charge in [-0.3, -0.25) is 28.8 Å². The molecule has 2 aromatic rings. The molecule has 0 aliphatic carbocycles. The van der Waals surface area contributed by atoms with Crippen molar-refractivity contribution in [2.45, 2.75) is 135 Å². The van der Waals surface area contributed by atoms with Gasteiger partial charge in [-0.1, -0.05) is 66.2 Å². The van der Waals surface area contributed by atoms with Crippen molar-refractivity contribution in [3.63, 3.8) is 0 Å². The number of aromatic nitrogens is 1. The number of aromatic amines is 1. The van der Waals surface area contributed by atoms with Gasteiger partial charge in [0.1, 0.15) is 42.3 Å². The van der Waals surface area contributed by atoms with E-state index in [1.54, 1.807) is 33.0 Å². The van der Waals surface area contributed by atoms with E-state index in [1.165, 1.54) is 6.92 Å². The Morgan fingerprint density at radius 2 is 1.27 bits per heavy atom. The first-order chi connectivity index (χ1) is 28.2. The van der Waals surface area contributed by atoms with Crippen LogP contribution >= 0.6 is 0 Å². The van der Waals surface area contributed by atoms with Gasteiger partial charge in [0.25, 0.3) is 0 Å². The number of benzene rings is 1.